The Hall–Kier alpha value is -2.13. The van der Waals surface area contributed by atoms with Crippen molar-refractivity contribution in [3.63, 3.8) is 0 Å². The van der Waals surface area contributed by atoms with Crippen LogP contribution in [0.15, 0.2) is 29.2 Å². The maximum absolute atomic E-state index is 12.7. The van der Waals surface area contributed by atoms with Crippen LogP contribution < -0.4 is 5.32 Å². The van der Waals surface area contributed by atoms with Crippen molar-refractivity contribution in [3.8, 4) is 0 Å². The molecule has 1 fully saturated rings. The number of hydrogen-bond donors (Lipinski definition) is 2. The molecule has 9 heteroatoms. The van der Waals surface area contributed by atoms with Crippen LogP contribution in [0.2, 0.25) is 0 Å². The zero-order valence-electron chi connectivity index (χ0n) is 15.0. The molecule has 1 unspecified atom stereocenters. The number of nitrogens with zero attached hydrogens (tertiary/aromatic N) is 2. The highest BCUT2D eigenvalue weighted by molar-refractivity contribution is 7.89. The Bertz CT molecular complexity index is 748. The predicted octanol–water partition coefficient (Wildman–Crippen LogP) is 2.05. The van der Waals surface area contributed by atoms with E-state index in [1.807, 2.05) is 6.92 Å². The van der Waals surface area contributed by atoms with Crippen LogP contribution in [0.4, 0.5) is 10.5 Å². The minimum Gasteiger partial charge on any atom is -0.481 e. The Kier molecular flexibility index (Phi) is 6.60. The Morgan fingerprint density at radius 2 is 1.96 bits per heavy atom. The lowest BCUT2D eigenvalue weighted by molar-refractivity contribution is -0.137. The molecule has 26 heavy (non-hydrogen) atoms. The molecule has 0 aliphatic carbocycles. The van der Waals surface area contributed by atoms with Crippen molar-refractivity contribution in [1.82, 2.24) is 9.21 Å². The third-order valence-corrected chi connectivity index (χ3v) is 6.25. The Labute approximate surface area is 153 Å². The van der Waals surface area contributed by atoms with Crippen LogP contribution in [0.1, 0.15) is 26.2 Å². The van der Waals surface area contributed by atoms with Gasteiger partial charge in [0, 0.05) is 32.4 Å². The number of amides is 2. The summed E-state index contributed by atoms with van der Waals surface area (Å²) in [6, 6.07) is 5.56. The molecule has 0 aromatic heterocycles. The number of rotatable bonds is 6. The molecule has 1 aromatic carbocycles. The fourth-order valence-corrected chi connectivity index (χ4v) is 4.41. The molecule has 0 spiro atoms. The highest BCUT2D eigenvalue weighted by Crippen LogP contribution is 2.24. The molecular weight excluding hydrogens is 358 g/mol. The number of carboxylic acids is 1. The number of urea groups is 1. The van der Waals surface area contributed by atoms with Gasteiger partial charge in [-0.05, 0) is 43.0 Å². The summed E-state index contributed by atoms with van der Waals surface area (Å²) < 4.78 is 26.9. The second kappa shape index (κ2) is 8.50. The van der Waals surface area contributed by atoms with Crippen LogP contribution in [0.5, 0.6) is 0 Å². The zero-order chi connectivity index (χ0) is 19.3. The van der Waals surface area contributed by atoms with E-state index in [2.05, 4.69) is 5.32 Å². The summed E-state index contributed by atoms with van der Waals surface area (Å²) in [5, 5.41) is 11.3. The van der Waals surface area contributed by atoms with E-state index in [9.17, 15) is 18.0 Å². The minimum absolute atomic E-state index is 0.0841. The van der Waals surface area contributed by atoms with Gasteiger partial charge in [-0.25, -0.2) is 13.2 Å². The molecule has 1 saturated heterocycles. The van der Waals surface area contributed by atoms with Crippen molar-refractivity contribution in [2.45, 2.75) is 31.1 Å². The number of carboxylic acid groups (broad SMARTS) is 1. The fourth-order valence-electron chi connectivity index (χ4n) is 2.81. The molecule has 1 aliphatic rings. The van der Waals surface area contributed by atoms with Gasteiger partial charge in [0.25, 0.3) is 0 Å². The van der Waals surface area contributed by atoms with Crippen LogP contribution in [-0.2, 0) is 14.8 Å². The molecule has 0 bridgehead atoms. The highest BCUT2D eigenvalue weighted by Gasteiger charge is 2.28. The molecule has 2 amide bonds. The second-order valence-corrected chi connectivity index (χ2v) is 8.57. The van der Waals surface area contributed by atoms with Crippen molar-refractivity contribution in [2.75, 3.05) is 32.0 Å². The molecule has 2 N–H and O–H groups in total. The van der Waals surface area contributed by atoms with Crippen LogP contribution in [0, 0.1) is 5.92 Å². The first kappa shape index (κ1) is 20.2. The summed E-state index contributed by atoms with van der Waals surface area (Å²) in [4.78, 5) is 24.0. The summed E-state index contributed by atoms with van der Waals surface area (Å²) in [6.07, 6.45) is 1.75. The monoisotopic (exact) mass is 383 g/mol. The minimum atomic E-state index is -3.53. The SMILES string of the molecule is CC1CCCN(S(=O)(=O)c2ccc(NC(=O)N(C)CCC(=O)O)cc2)C1. The lowest BCUT2D eigenvalue weighted by Gasteiger charge is -2.30. The van der Waals surface area contributed by atoms with E-state index in [0.717, 1.165) is 12.8 Å². The van der Waals surface area contributed by atoms with Gasteiger partial charge in [-0.1, -0.05) is 6.92 Å². The van der Waals surface area contributed by atoms with E-state index in [0.29, 0.717) is 24.7 Å². The van der Waals surface area contributed by atoms with Crippen LogP contribution >= 0.6 is 0 Å². The maximum Gasteiger partial charge on any atom is 0.321 e. The van der Waals surface area contributed by atoms with Gasteiger partial charge in [0.05, 0.1) is 11.3 Å². The zero-order valence-corrected chi connectivity index (χ0v) is 15.8. The van der Waals surface area contributed by atoms with E-state index in [1.54, 1.807) is 0 Å². The summed E-state index contributed by atoms with van der Waals surface area (Å²) >= 11 is 0. The normalized spacial score (nSPS) is 18.3. The number of hydrogen-bond acceptors (Lipinski definition) is 4. The van der Waals surface area contributed by atoms with Crippen LogP contribution in [0.3, 0.4) is 0 Å². The van der Waals surface area contributed by atoms with Crippen molar-refractivity contribution in [2.24, 2.45) is 5.92 Å². The lowest BCUT2D eigenvalue weighted by Crippen LogP contribution is -2.39. The van der Waals surface area contributed by atoms with E-state index in [4.69, 9.17) is 5.11 Å². The first-order valence-electron chi connectivity index (χ1n) is 8.54. The number of anilines is 1. The molecule has 1 aromatic rings. The Balaban J connectivity index is 2.01. The highest BCUT2D eigenvalue weighted by atomic mass is 32.2. The van der Waals surface area contributed by atoms with Crippen molar-refractivity contribution >= 4 is 27.7 Å². The summed E-state index contributed by atoms with van der Waals surface area (Å²) in [5.41, 5.74) is 0.447. The number of aliphatic carboxylic acids is 1. The van der Waals surface area contributed by atoms with Gasteiger partial charge in [0.1, 0.15) is 0 Å². The first-order valence-corrected chi connectivity index (χ1v) is 9.98. The number of piperidine rings is 1. The molecule has 1 aliphatic heterocycles. The lowest BCUT2D eigenvalue weighted by atomic mass is 10.0. The summed E-state index contributed by atoms with van der Waals surface area (Å²) in [6.45, 7) is 3.18. The first-order chi connectivity index (χ1) is 12.2. The molecule has 8 nitrogen and oxygen atoms in total. The van der Waals surface area contributed by atoms with Gasteiger partial charge in [-0.3, -0.25) is 4.79 Å². The quantitative estimate of drug-likeness (QED) is 0.782. The predicted molar refractivity (Wildman–Crippen MR) is 97.5 cm³/mol. The molecule has 1 heterocycles. The van der Waals surface area contributed by atoms with Crippen LogP contribution in [-0.4, -0.2) is 61.4 Å². The van der Waals surface area contributed by atoms with Crippen LogP contribution in [0.25, 0.3) is 0 Å². The number of carbonyl (C=O) groups excluding carboxylic acids is 1. The summed E-state index contributed by atoms with van der Waals surface area (Å²) in [7, 11) is -2.04. The van der Waals surface area contributed by atoms with Gasteiger partial charge < -0.3 is 15.3 Å². The van der Waals surface area contributed by atoms with Gasteiger partial charge in [-0.15, -0.1) is 0 Å². The molecule has 144 valence electrons. The summed E-state index contributed by atoms with van der Waals surface area (Å²) in [5.74, 6) is -0.635. The largest absolute Gasteiger partial charge is 0.481 e. The number of carbonyl (C=O) groups is 2. The number of sulfonamides is 1. The Morgan fingerprint density at radius 3 is 2.54 bits per heavy atom. The van der Waals surface area contributed by atoms with E-state index in [-0.39, 0.29) is 17.9 Å². The molecule has 0 radical (unpaired) electrons. The number of nitrogens with one attached hydrogen (secondary N) is 1. The topological polar surface area (TPSA) is 107 Å². The molecule has 0 saturated carbocycles. The van der Waals surface area contributed by atoms with Gasteiger partial charge in [-0.2, -0.15) is 4.31 Å². The van der Waals surface area contributed by atoms with Gasteiger partial charge >= 0.3 is 12.0 Å². The maximum atomic E-state index is 12.7. The molecule has 2 rings (SSSR count). The second-order valence-electron chi connectivity index (χ2n) is 6.63. The van der Waals surface area contributed by atoms with E-state index >= 15 is 0 Å². The number of benzene rings is 1. The average molecular weight is 383 g/mol. The van der Waals surface area contributed by atoms with E-state index < -0.39 is 22.0 Å². The third-order valence-electron chi connectivity index (χ3n) is 4.37. The average Bonchev–Trinajstić information content (AvgIpc) is 2.60. The van der Waals surface area contributed by atoms with E-state index in [1.165, 1.54) is 40.5 Å². The van der Waals surface area contributed by atoms with Crippen molar-refractivity contribution < 1.29 is 23.1 Å². The smallest absolute Gasteiger partial charge is 0.321 e. The van der Waals surface area contributed by atoms with Crippen molar-refractivity contribution in [1.29, 1.82) is 0 Å². The fraction of sp³-hybridized carbons (Fsp3) is 0.529. The van der Waals surface area contributed by atoms with Gasteiger partial charge in [0.2, 0.25) is 10.0 Å². The van der Waals surface area contributed by atoms with Crippen molar-refractivity contribution in [3.05, 3.63) is 24.3 Å². The third kappa shape index (κ3) is 5.18. The molecular formula is C17H25N3O5S. The van der Waals surface area contributed by atoms with Gasteiger partial charge in [0.15, 0.2) is 0 Å². The Morgan fingerprint density at radius 1 is 1.31 bits per heavy atom. The standard InChI is InChI=1S/C17H25N3O5S/c1-13-4-3-10-20(12-13)26(24,25)15-7-5-14(6-8-15)18-17(23)19(2)11-9-16(21)22/h5-8,13H,3-4,9-12H2,1-2H3,(H,18,23)(H,21,22). The molecule has 1 atom stereocenters.